The van der Waals surface area contributed by atoms with Crippen LogP contribution in [0.5, 0.6) is 17.4 Å². The van der Waals surface area contributed by atoms with Crippen LogP contribution >= 0.6 is 0 Å². The second-order valence-electron chi connectivity index (χ2n) is 5.82. The molecule has 0 bridgehead atoms. The van der Waals surface area contributed by atoms with Gasteiger partial charge in [-0.05, 0) is 30.7 Å². The van der Waals surface area contributed by atoms with Gasteiger partial charge in [0.2, 0.25) is 5.95 Å². The number of nitrogens with zero attached hydrogens (tertiary/aromatic N) is 3. The zero-order valence-electron chi connectivity index (χ0n) is 15.1. The van der Waals surface area contributed by atoms with Crippen molar-refractivity contribution in [3.8, 4) is 23.1 Å². The molecule has 1 aromatic carbocycles. The molecule has 0 spiro atoms. The average molecular weight is 385 g/mol. The van der Waals surface area contributed by atoms with Crippen LogP contribution in [0.1, 0.15) is 5.56 Å². The molecule has 0 fully saturated rings. The summed E-state index contributed by atoms with van der Waals surface area (Å²) in [5, 5.41) is 0. The Morgan fingerprint density at radius 3 is 2.71 bits per heavy atom. The Morgan fingerprint density at radius 1 is 1.18 bits per heavy atom. The van der Waals surface area contributed by atoms with Crippen molar-refractivity contribution in [3.05, 3.63) is 74.9 Å². The molecule has 0 aliphatic rings. The zero-order valence-corrected chi connectivity index (χ0v) is 15.1. The molecule has 2 aromatic heterocycles. The number of rotatable bonds is 6. The molecule has 9 heteroatoms. The summed E-state index contributed by atoms with van der Waals surface area (Å²) in [6, 6.07) is 8.64. The first kappa shape index (κ1) is 19.0. The molecule has 0 atom stereocenters. The minimum absolute atomic E-state index is 0.120. The maximum atomic E-state index is 13.6. The highest BCUT2D eigenvalue weighted by atomic mass is 19.1. The lowest BCUT2D eigenvalue weighted by atomic mass is 10.2. The van der Waals surface area contributed by atoms with Crippen molar-refractivity contribution in [2.75, 3.05) is 6.61 Å². The second kappa shape index (κ2) is 7.87. The number of aldehydes is 1. The maximum Gasteiger partial charge on any atom is 0.337 e. The van der Waals surface area contributed by atoms with Crippen molar-refractivity contribution in [3.63, 3.8) is 0 Å². The highest BCUT2D eigenvalue weighted by Crippen LogP contribution is 2.32. The Hall–Kier alpha value is -3.75. The largest absolute Gasteiger partial charge is 0.467 e. The zero-order chi connectivity index (χ0) is 20.3. The lowest BCUT2D eigenvalue weighted by Gasteiger charge is -2.14. The van der Waals surface area contributed by atoms with Crippen molar-refractivity contribution in [2.45, 2.75) is 6.92 Å². The van der Waals surface area contributed by atoms with Crippen LogP contribution in [0.3, 0.4) is 0 Å². The van der Waals surface area contributed by atoms with Crippen LogP contribution in [0.2, 0.25) is 0 Å². The summed E-state index contributed by atoms with van der Waals surface area (Å²) in [4.78, 5) is 39.0. The number of aromatic nitrogens is 3. The van der Waals surface area contributed by atoms with Gasteiger partial charge in [-0.2, -0.15) is 4.39 Å². The van der Waals surface area contributed by atoms with Crippen LogP contribution in [0.15, 0.2) is 52.2 Å². The SMILES string of the molecule is Cc1ccc(-n2c(=O)cc(F)n(C)c2=O)cc1Oc1cccnc1OCC=O. The van der Waals surface area contributed by atoms with Gasteiger partial charge in [0, 0.05) is 19.3 Å². The second-order valence-corrected chi connectivity index (χ2v) is 5.82. The van der Waals surface area contributed by atoms with Gasteiger partial charge in [0.1, 0.15) is 12.4 Å². The third-order valence-corrected chi connectivity index (χ3v) is 3.94. The van der Waals surface area contributed by atoms with Crippen molar-refractivity contribution in [1.82, 2.24) is 14.1 Å². The smallest absolute Gasteiger partial charge is 0.337 e. The van der Waals surface area contributed by atoms with Gasteiger partial charge in [0.15, 0.2) is 12.0 Å². The van der Waals surface area contributed by atoms with E-state index in [-0.39, 0.29) is 23.9 Å². The first-order chi connectivity index (χ1) is 13.4. The van der Waals surface area contributed by atoms with Gasteiger partial charge in [0.05, 0.1) is 11.8 Å². The number of carbonyl (C=O) groups is 1. The topological polar surface area (TPSA) is 92.4 Å². The molecule has 2 heterocycles. The molecule has 3 aromatic rings. The van der Waals surface area contributed by atoms with E-state index in [1.165, 1.54) is 19.3 Å². The quantitative estimate of drug-likeness (QED) is 0.474. The molecule has 0 aliphatic carbocycles. The Balaban J connectivity index is 2.06. The number of hydrogen-bond acceptors (Lipinski definition) is 6. The number of pyridine rings is 1. The van der Waals surface area contributed by atoms with E-state index in [1.807, 2.05) is 0 Å². The fourth-order valence-corrected chi connectivity index (χ4v) is 2.47. The van der Waals surface area contributed by atoms with Gasteiger partial charge in [0.25, 0.3) is 11.4 Å². The van der Waals surface area contributed by atoms with Gasteiger partial charge in [-0.3, -0.25) is 14.2 Å². The van der Waals surface area contributed by atoms with Crippen molar-refractivity contribution >= 4 is 6.29 Å². The van der Waals surface area contributed by atoms with E-state index in [0.29, 0.717) is 17.6 Å². The predicted octanol–water partition coefficient (Wildman–Crippen LogP) is 1.75. The number of halogens is 1. The van der Waals surface area contributed by atoms with Crippen LogP contribution < -0.4 is 20.7 Å². The molecule has 0 amide bonds. The summed E-state index contributed by atoms with van der Waals surface area (Å²) in [5.41, 5.74) is -0.700. The molecular weight excluding hydrogens is 369 g/mol. The van der Waals surface area contributed by atoms with Gasteiger partial charge in [-0.15, -0.1) is 0 Å². The molecule has 0 saturated heterocycles. The Labute approximate surface area is 158 Å². The number of ether oxygens (including phenoxy) is 2. The van der Waals surface area contributed by atoms with Gasteiger partial charge < -0.3 is 9.47 Å². The highest BCUT2D eigenvalue weighted by molar-refractivity contribution is 5.52. The fourth-order valence-electron chi connectivity index (χ4n) is 2.47. The minimum atomic E-state index is -0.929. The summed E-state index contributed by atoms with van der Waals surface area (Å²) in [6.07, 6.45) is 2.07. The summed E-state index contributed by atoms with van der Waals surface area (Å²) in [6.45, 7) is 1.58. The van der Waals surface area contributed by atoms with Crippen molar-refractivity contribution in [1.29, 1.82) is 0 Å². The Bertz CT molecular complexity index is 1150. The van der Waals surface area contributed by atoms with Crippen LogP contribution in [0, 0.1) is 12.9 Å². The third-order valence-electron chi connectivity index (χ3n) is 3.94. The van der Waals surface area contributed by atoms with E-state index in [2.05, 4.69) is 4.98 Å². The van der Waals surface area contributed by atoms with E-state index in [0.717, 1.165) is 15.2 Å². The number of aryl methyl sites for hydroxylation is 1. The fraction of sp³-hybridized carbons (Fsp3) is 0.158. The first-order valence-corrected chi connectivity index (χ1v) is 8.21. The predicted molar refractivity (Wildman–Crippen MR) is 97.8 cm³/mol. The molecule has 0 radical (unpaired) electrons. The van der Waals surface area contributed by atoms with Crippen LogP contribution in [0.25, 0.3) is 5.69 Å². The van der Waals surface area contributed by atoms with Crippen molar-refractivity contribution < 1.29 is 18.7 Å². The monoisotopic (exact) mass is 385 g/mol. The van der Waals surface area contributed by atoms with Crippen LogP contribution in [0.4, 0.5) is 4.39 Å². The van der Waals surface area contributed by atoms with Crippen molar-refractivity contribution in [2.24, 2.45) is 7.05 Å². The van der Waals surface area contributed by atoms with Crippen LogP contribution in [-0.2, 0) is 11.8 Å². The first-order valence-electron chi connectivity index (χ1n) is 8.21. The third kappa shape index (κ3) is 3.68. The molecular formula is C19H16FN3O5. The minimum Gasteiger partial charge on any atom is -0.467 e. The van der Waals surface area contributed by atoms with Gasteiger partial charge in [-0.25, -0.2) is 14.3 Å². The molecule has 0 aliphatic heterocycles. The molecule has 144 valence electrons. The number of benzene rings is 1. The number of carbonyl (C=O) groups excluding carboxylic acids is 1. The molecule has 3 rings (SSSR count). The molecule has 8 nitrogen and oxygen atoms in total. The van der Waals surface area contributed by atoms with E-state index in [4.69, 9.17) is 9.47 Å². The Morgan fingerprint density at radius 2 is 1.96 bits per heavy atom. The van der Waals surface area contributed by atoms with Crippen LogP contribution in [-0.4, -0.2) is 27.0 Å². The standard InChI is InChI=1S/C19H16FN3O5/c1-12-5-6-13(23-17(25)11-16(20)22(2)19(23)26)10-15(12)28-14-4-3-7-21-18(14)27-9-8-24/h3-8,10-11H,9H2,1-2H3. The average Bonchev–Trinajstić information content (AvgIpc) is 2.68. The summed E-state index contributed by atoms with van der Waals surface area (Å²) < 4.78 is 26.2. The van der Waals surface area contributed by atoms with E-state index in [1.54, 1.807) is 31.2 Å². The van der Waals surface area contributed by atoms with Gasteiger partial charge >= 0.3 is 5.69 Å². The summed E-state index contributed by atoms with van der Waals surface area (Å²) in [7, 11) is 1.23. The van der Waals surface area contributed by atoms with E-state index < -0.39 is 17.2 Å². The molecule has 0 saturated carbocycles. The normalized spacial score (nSPS) is 10.5. The highest BCUT2D eigenvalue weighted by Gasteiger charge is 2.14. The molecule has 28 heavy (non-hydrogen) atoms. The summed E-state index contributed by atoms with van der Waals surface area (Å²) >= 11 is 0. The summed E-state index contributed by atoms with van der Waals surface area (Å²) in [5.74, 6) is -0.222. The molecule has 0 N–H and O–H groups in total. The lowest BCUT2D eigenvalue weighted by Crippen LogP contribution is -2.38. The van der Waals surface area contributed by atoms with E-state index in [9.17, 15) is 18.8 Å². The number of hydrogen-bond donors (Lipinski definition) is 0. The van der Waals surface area contributed by atoms with E-state index >= 15 is 0 Å². The Kier molecular flexibility index (Phi) is 5.35. The maximum absolute atomic E-state index is 13.6. The van der Waals surface area contributed by atoms with Gasteiger partial charge in [-0.1, -0.05) is 6.07 Å². The lowest BCUT2D eigenvalue weighted by molar-refractivity contribution is -0.109. The molecule has 0 unspecified atom stereocenters.